The van der Waals surface area contributed by atoms with Crippen LogP contribution in [-0.4, -0.2) is 48.9 Å². The molecule has 1 saturated carbocycles. The van der Waals surface area contributed by atoms with E-state index in [2.05, 4.69) is 34.1 Å². The van der Waals surface area contributed by atoms with Gasteiger partial charge in [0.1, 0.15) is 0 Å². The van der Waals surface area contributed by atoms with Crippen LogP contribution in [0.25, 0.3) is 0 Å². The minimum absolute atomic E-state index is 0.549. The van der Waals surface area contributed by atoms with E-state index >= 15 is 0 Å². The number of aromatic nitrogens is 2. The highest BCUT2D eigenvalue weighted by Gasteiger charge is 2.30. The monoisotopic (exact) mass is 298 g/mol. The van der Waals surface area contributed by atoms with Crippen LogP contribution >= 0.6 is 11.6 Å². The molecule has 4 nitrogen and oxygen atoms in total. The molecule has 1 N–H and O–H groups in total. The Labute approximate surface area is 127 Å². The van der Waals surface area contributed by atoms with Crippen LogP contribution in [0.4, 0.5) is 0 Å². The standard InChI is InChI=1S/C15H27ClN4/c1-17-10-12-6-4-5-7-13(12)15-14(16)11-18-20(15)9-8-19(2)3/h11-13,17H,4-10H2,1-3H3. The van der Waals surface area contributed by atoms with Gasteiger partial charge < -0.3 is 10.2 Å². The van der Waals surface area contributed by atoms with Crippen LogP contribution in [0, 0.1) is 5.92 Å². The topological polar surface area (TPSA) is 33.1 Å². The molecule has 1 aromatic heterocycles. The predicted molar refractivity (Wildman–Crippen MR) is 84.4 cm³/mol. The number of hydrogen-bond donors (Lipinski definition) is 1. The zero-order chi connectivity index (χ0) is 14.5. The van der Waals surface area contributed by atoms with Crippen LogP contribution < -0.4 is 5.32 Å². The summed E-state index contributed by atoms with van der Waals surface area (Å²) in [7, 11) is 6.22. The second kappa shape index (κ2) is 7.43. The van der Waals surface area contributed by atoms with Crippen molar-refractivity contribution in [3.05, 3.63) is 16.9 Å². The van der Waals surface area contributed by atoms with Gasteiger partial charge in [-0.1, -0.05) is 24.4 Å². The molecule has 5 heteroatoms. The molecule has 1 heterocycles. The molecule has 0 aromatic carbocycles. The van der Waals surface area contributed by atoms with E-state index in [0.29, 0.717) is 11.8 Å². The zero-order valence-electron chi connectivity index (χ0n) is 12.9. The molecule has 1 aliphatic rings. The number of likely N-dealkylation sites (N-methyl/N-ethyl adjacent to an activating group) is 1. The average molecular weight is 299 g/mol. The maximum absolute atomic E-state index is 6.44. The lowest BCUT2D eigenvalue weighted by Gasteiger charge is -2.32. The molecule has 2 rings (SSSR count). The van der Waals surface area contributed by atoms with Crippen LogP contribution in [0.15, 0.2) is 6.20 Å². The van der Waals surface area contributed by atoms with Crippen molar-refractivity contribution in [1.29, 1.82) is 0 Å². The van der Waals surface area contributed by atoms with E-state index in [1.165, 1.54) is 31.4 Å². The highest BCUT2D eigenvalue weighted by Crippen LogP contribution is 2.40. The highest BCUT2D eigenvalue weighted by atomic mass is 35.5. The molecular formula is C15H27ClN4. The molecule has 0 aliphatic heterocycles. The fourth-order valence-corrected chi connectivity index (χ4v) is 3.57. The van der Waals surface area contributed by atoms with E-state index in [9.17, 15) is 0 Å². The molecule has 114 valence electrons. The molecule has 1 fully saturated rings. The van der Waals surface area contributed by atoms with Crippen LogP contribution in [-0.2, 0) is 6.54 Å². The Morgan fingerprint density at radius 2 is 2.15 bits per heavy atom. The maximum atomic E-state index is 6.44. The van der Waals surface area contributed by atoms with E-state index in [4.69, 9.17) is 11.6 Å². The Kier molecular flexibility index (Phi) is 5.87. The highest BCUT2D eigenvalue weighted by molar-refractivity contribution is 6.31. The molecule has 20 heavy (non-hydrogen) atoms. The normalized spacial score (nSPS) is 23.4. The van der Waals surface area contributed by atoms with Crippen molar-refractivity contribution in [1.82, 2.24) is 20.0 Å². The summed E-state index contributed by atoms with van der Waals surface area (Å²) in [6, 6.07) is 0. The SMILES string of the molecule is CNCC1CCCCC1c1c(Cl)cnn1CCN(C)C. The van der Waals surface area contributed by atoms with Gasteiger partial charge in [0, 0.05) is 12.5 Å². The first kappa shape index (κ1) is 15.8. The first-order chi connectivity index (χ1) is 9.63. The smallest absolute Gasteiger partial charge is 0.0820 e. The minimum Gasteiger partial charge on any atom is -0.319 e. The number of nitrogens with one attached hydrogen (secondary N) is 1. The second-order valence-electron chi connectivity index (χ2n) is 6.11. The van der Waals surface area contributed by atoms with Gasteiger partial charge in [-0.2, -0.15) is 5.10 Å². The first-order valence-corrected chi connectivity index (χ1v) is 8.01. The van der Waals surface area contributed by atoms with Crippen LogP contribution in [0.2, 0.25) is 5.02 Å². The summed E-state index contributed by atoms with van der Waals surface area (Å²) in [4.78, 5) is 2.19. The van der Waals surface area contributed by atoms with Crippen LogP contribution in [0.3, 0.4) is 0 Å². The summed E-state index contributed by atoms with van der Waals surface area (Å²) in [6.07, 6.45) is 6.99. The number of rotatable bonds is 6. The van der Waals surface area contributed by atoms with Gasteiger partial charge >= 0.3 is 0 Å². The molecule has 0 amide bonds. The first-order valence-electron chi connectivity index (χ1n) is 7.64. The Balaban J connectivity index is 2.18. The summed E-state index contributed by atoms with van der Waals surface area (Å²) >= 11 is 6.44. The largest absolute Gasteiger partial charge is 0.319 e. The summed E-state index contributed by atoms with van der Waals surface area (Å²) in [5.41, 5.74) is 1.26. The van der Waals surface area contributed by atoms with Crippen molar-refractivity contribution in [3.8, 4) is 0 Å². The fraction of sp³-hybridized carbons (Fsp3) is 0.800. The van der Waals surface area contributed by atoms with Gasteiger partial charge in [0.15, 0.2) is 0 Å². The molecule has 2 unspecified atom stereocenters. The van der Waals surface area contributed by atoms with Gasteiger partial charge in [0.2, 0.25) is 0 Å². The molecule has 1 aromatic rings. The van der Waals surface area contributed by atoms with E-state index in [1.807, 2.05) is 13.2 Å². The fourth-order valence-electron chi connectivity index (χ4n) is 3.29. The Morgan fingerprint density at radius 3 is 2.85 bits per heavy atom. The van der Waals surface area contributed by atoms with Crippen LogP contribution in [0.5, 0.6) is 0 Å². The number of nitrogens with zero attached hydrogens (tertiary/aromatic N) is 3. The molecule has 0 radical (unpaired) electrons. The summed E-state index contributed by atoms with van der Waals surface area (Å²) in [5, 5.41) is 8.68. The Hall–Kier alpha value is -0.580. The van der Waals surface area contributed by atoms with Crippen LogP contribution in [0.1, 0.15) is 37.3 Å². The minimum atomic E-state index is 0.549. The van der Waals surface area contributed by atoms with Gasteiger partial charge in [-0.15, -0.1) is 0 Å². The van der Waals surface area contributed by atoms with E-state index < -0.39 is 0 Å². The lowest BCUT2D eigenvalue weighted by molar-refractivity contribution is 0.283. The van der Waals surface area contributed by atoms with Crippen molar-refractivity contribution >= 4 is 11.6 Å². The lowest BCUT2D eigenvalue weighted by atomic mass is 9.77. The third-order valence-electron chi connectivity index (χ3n) is 4.32. The van der Waals surface area contributed by atoms with Crippen molar-refractivity contribution in [2.24, 2.45) is 5.92 Å². The quantitative estimate of drug-likeness (QED) is 0.876. The summed E-state index contributed by atoms with van der Waals surface area (Å²) < 4.78 is 2.13. The van der Waals surface area contributed by atoms with Gasteiger partial charge in [0.25, 0.3) is 0 Å². The zero-order valence-corrected chi connectivity index (χ0v) is 13.7. The Morgan fingerprint density at radius 1 is 1.40 bits per heavy atom. The Bertz CT molecular complexity index is 414. The maximum Gasteiger partial charge on any atom is 0.0820 e. The van der Waals surface area contributed by atoms with Crippen molar-refractivity contribution < 1.29 is 0 Å². The van der Waals surface area contributed by atoms with Gasteiger partial charge in [-0.05, 0) is 46.4 Å². The van der Waals surface area contributed by atoms with Crippen molar-refractivity contribution in [3.63, 3.8) is 0 Å². The molecule has 2 atom stereocenters. The molecule has 0 bridgehead atoms. The average Bonchev–Trinajstić information content (AvgIpc) is 2.79. The van der Waals surface area contributed by atoms with E-state index in [0.717, 1.165) is 24.7 Å². The van der Waals surface area contributed by atoms with Gasteiger partial charge in [-0.25, -0.2) is 0 Å². The van der Waals surface area contributed by atoms with E-state index in [-0.39, 0.29) is 0 Å². The third-order valence-corrected chi connectivity index (χ3v) is 4.61. The summed E-state index contributed by atoms with van der Waals surface area (Å²) in [6.45, 7) is 2.98. The predicted octanol–water partition coefficient (Wildman–Crippen LogP) is 2.59. The molecule has 0 spiro atoms. The van der Waals surface area contributed by atoms with E-state index in [1.54, 1.807) is 0 Å². The second-order valence-corrected chi connectivity index (χ2v) is 6.52. The molecule has 1 aliphatic carbocycles. The third kappa shape index (κ3) is 3.74. The van der Waals surface area contributed by atoms with Gasteiger partial charge in [0.05, 0.1) is 23.5 Å². The molecule has 0 saturated heterocycles. The lowest BCUT2D eigenvalue weighted by Crippen LogP contribution is -2.30. The van der Waals surface area contributed by atoms with Gasteiger partial charge in [-0.3, -0.25) is 4.68 Å². The molecular weight excluding hydrogens is 272 g/mol. The number of halogens is 1. The van der Waals surface area contributed by atoms with Crippen molar-refractivity contribution in [2.75, 3.05) is 34.2 Å². The van der Waals surface area contributed by atoms with Crippen molar-refractivity contribution in [2.45, 2.75) is 38.1 Å². The summed E-state index contributed by atoms with van der Waals surface area (Å²) in [5.74, 6) is 1.23. The number of hydrogen-bond acceptors (Lipinski definition) is 3.